The molecule has 0 bridgehead atoms. The average molecular weight is 374 g/mol. The minimum Gasteiger partial charge on any atom is -0.497 e. The third-order valence-corrected chi connectivity index (χ3v) is 5.68. The number of halogens is 1. The van der Waals surface area contributed by atoms with Crippen LogP contribution in [0, 0.1) is 5.82 Å². The summed E-state index contributed by atoms with van der Waals surface area (Å²) in [6.07, 6.45) is 1.51. The van der Waals surface area contributed by atoms with Crippen LogP contribution < -0.4 is 10.1 Å². The Balaban J connectivity index is 2.17. The highest BCUT2D eigenvalue weighted by Crippen LogP contribution is 2.29. The van der Waals surface area contributed by atoms with Gasteiger partial charge in [-0.25, -0.2) is 16.8 Å². The molecule has 0 atom stereocenters. The first-order valence-corrected chi connectivity index (χ1v) is 9.42. The van der Waals surface area contributed by atoms with Gasteiger partial charge in [0.15, 0.2) is 0 Å². The molecule has 0 unspecified atom stereocenters. The number of hydrogen-bond acceptors (Lipinski definition) is 4. The Labute approximate surface area is 152 Å². The highest BCUT2D eigenvalue weighted by molar-refractivity contribution is 7.90. The molecule has 136 valence electrons. The van der Waals surface area contributed by atoms with Gasteiger partial charge in [0, 0.05) is 18.3 Å². The zero-order chi connectivity index (χ0) is 18.7. The Morgan fingerprint density at radius 3 is 2.42 bits per heavy atom. The van der Waals surface area contributed by atoms with E-state index in [2.05, 4.69) is 5.32 Å². The van der Waals surface area contributed by atoms with Crippen LogP contribution in [-0.4, -0.2) is 26.5 Å². The predicted molar refractivity (Wildman–Crippen MR) is 98.2 cm³/mol. The van der Waals surface area contributed by atoms with Crippen molar-refractivity contribution in [2.75, 3.05) is 14.2 Å². The van der Waals surface area contributed by atoms with Gasteiger partial charge in [-0.15, -0.1) is 0 Å². The minimum atomic E-state index is -3.89. The van der Waals surface area contributed by atoms with Gasteiger partial charge in [0.1, 0.15) is 11.6 Å². The maximum atomic E-state index is 14.3. The second kappa shape index (κ2) is 7.31. The van der Waals surface area contributed by atoms with Gasteiger partial charge in [-0.3, -0.25) is 0 Å². The molecule has 1 aromatic heterocycles. The molecular weight excluding hydrogens is 355 g/mol. The van der Waals surface area contributed by atoms with Crippen molar-refractivity contribution in [1.29, 1.82) is 0 Å². The summed E-state index contributed by atoms with van der Waals surface area (Å²) in [6, 6.07) is 13.9. The molecule has 0 aliphatic heterocycles. The molecule has 0 fully saturated rings. The van der Waals surface area contributed by atoms with Crippen LogP contribution in [-0.2, 0) is 16.6 Å². The third-order valence-electron chi connectivity index (χ3n) is 3.99. The summed E-state index contributed by atoms with van der Waals surface area (Å²) in [5.41, 5.74) is 1.25. The van der Waals surface area contributed by atoms with Crippen molar-refractivity contribution in [1.82, 2.24) is 9.29 Å². The molecule has 2 aromatic carbocycles. The van der Waals surface area contributed by atoms with Crippen molar-refractivity contribution in [3.05, 3.63) is 72.2 Å². The van der Waals surface area contributed by atoms with E-state index in [1.165, 1.54) is 31.5 Å². The summed E-state index contributed by atoms with van der Waals surface area (Å²) in [4.78, 5) is 0.0995. The predicted octanol–water partition coefficient (Wildman–Crippen LogP) is 3.26. The van der Waals surface area contributed by atoms with Gasteiger partial charge in [0.05, 0.1) is 17.7 Å². The number of ether oxygens (including phenoxy) is 1. The standard InChI is InChI=1S/C19H19FN2O3S/c1-21-12-14-11-19(17-5-3-4-6-18(17)20)22(13-14)26(23,24)16-9-7-15(25-2)8-10-16/h3-11,13,21H,12H2,1-2H3. The normalized spacial score (nSPS) is 11.5. The largest absolute Gasteiger partial charge is 0.497 e. The molecular formula is C19H19FN2O3S. The van der Waals surface area contributed by atoms with E-state index in [1.807, 2.05) is 0 Å². The molecule has 0 radical (unpaired) electrons. The van der Waals surface area contributed by atoms with Crippen LogP contribution in [0.5, 0.6) is 5.75 Å². The fourth-order valence-corrected chi connectivity index (χ4v) is 4.11. The number of benzene rings is 2. The molecule has 3 rings (SSSR count). The Morgan fingerprint density at radius 2 is 1.81 bits per heavy atom. The molecule has 0 aliphatic carbocycles. The summed E-state index contributed by atoms with van der Waals surface area (Å²) in [5.74, 6) is 0.0782. The van der Waals surface area contributed by atoms with E-state index in [4.69, 9.17) is 4.74 Å². The monoisotopic (exact) mass is 374 g/mol. The molecule has 26 heavy (non-hydrogen) atoms. The summed E-state index contributed by atoms with van der Waals surface area (Å²) < 4.78 is 46.8. The maximum Gasteiger partial charge on any atom is 0.268 e. The first kappa shape index (κ1) is 18.2. The van der Waals surface area contributed by atoms with Crippen LogP contribution in [0.15, 0.2) is 65.7 Å². The lowest BCUT2D eigenvalue weighted by Gasteiger charge is -2.11. The van der Waals surface area contributed by atoms with E-state index in [9.17, 15) is 12.8 Å². The molecule has 0 aliphatic rings. The van der Waals surface area contributed by atoms with Gasteiger partial charge in [0.2, 0.25) is 0 Å². The second-order valence-electron chi connectivity index (χ2n) is 5.72. The Hall–Kier alpha value is -2.64. The van der Waals surface area contributed by atoms with E-state index < -0.39 is 15.8 Å². The first-order valence-electron chi connectivity index (χ1n) is 7.98. The van der Waals surface area contributed by atoms with Crippen LogP contribution in [0.2, 0.25) is 0 Å². The molecule has 0 saturated heterocycles. The van der Waals surface area contributed by atoms with E-state index in [1.54, 1.807) is 43.4 Å². The van der Waals surface area contributed by atoms with E-state index >= 15 is 0 Å². The summed E-state index contributed by atoms with van der Waals surface area (Å²) in [7, 11) is -0.619. The molecule has 1 N–H and O–H groups in total. The summed E-state index contributed by atoms with van der Waals surface area (Å²) in [6.45, 7) is 0.465. The Bertz CT molecular complexity index is 1010. The zero-order valence-electron chi connectivity index (χ0n) is 14.4. The lowest BCUT2D eigenvalue weighted by Crippen LogP contribution is -2.13. The van der Waals surface area contributed by atoms with E-state index in [-0.39, 0.29) is 16.2 Å². The number of methoxy groups -OCH3 is 1. The average Bonchev–Trinajstić information content (AvgIpc) is 3.07. The van der Waals surface area contributed by atoms with Crippen LogP contribution in [0.4, 0.5) is 4.39 Å². The molecule has 0 spiro atoms. The summed E-state index contributed by atoms with van der Waals surface area (Å²) in [5, 5.41) is 2.98. The SMILES string of the molecule is CNCc1cc(-c2ccccc2F)n(S(=O)(=O)c2ccc(OC)cc2)c1. The zero-order valence-corrected chi connectivity index (χ0v) is 15.3. The molecule has 0 amide bonds. The first-order chi connectivity index (χ1) is 12.5. The van der Waals surface area contributed by atoms with Crippen molar-refractivity contribution in [2.24, 2.45) is 0 Å². The molecule has 1 heterocycles. The lowest BCUT2D eigenvalue weighted by atomic mass is 10.1. The Kier molecular flexibility index (Phi) is 5.11. The van der Waals surface area contributed by atoms with Gasteiger partial charge < -0.3 is 10.1 Å². The van der Waals surface area contributed by atoms with Crippen LogP contribution in [0.3, 0.4) is 0 Å². The van der Waals surface area contributed by atoms with E-state index in [0.29, 0.717) is 12.3 Å². The second-order valence-corrected chi connectivity index (χ2v) is 7.54. The quantitative estimate of drug-likeness (QED) is 0.719. The highest BCUT2D eigenvalue weighted by Gasteiger charge is 2.23. The highest BCUT2D eigenvalue weighted by atomic mass is 32.2. The van der Waals surface area contributed by atoms with Crippen LogP contribution >= 0.6 is 0 Å². The number of hydrogen-bond donors (Lipinski definition) is 1. The van der Waals surface area contributed by atoms with Gasteiger partial charge >= 0.3 is 0 Å². The molecule has 3 aromatic rings. The minimum absolute atomic E-state index is 0.0995. The Morgan fingerprint density at radius 1 is 1.12 bits per heavy atom. The molecule has 7 heteroatoms. The number of rotatable bonds is 6. The van der Waals surface area contributed by atoms with Crippen molar-refractivity contribution >= 4 is 10.0 Å². The number of nitrogens with zero attached hydrogens (tertiary/aromatic N) is 1. The fraction of sp³-hybridized carbons (Fsp3) is 0.158. The van der Waals surface area contributed by atoms with Gasteiger partial charge in [-0.1, -0.05) is 12.1 Å². The van der Waals surface area contributed by atoms with Crippen LogP contribution in [0.1, 0.15) is 5.56 Å². The van der Waals surface area contributed by atoms with Gasteiger partial charge in [-0.2, -0.15) is 0 Å². The molecule has 0 saturated carbocycles. The van der Waals surface area contributed by atoms with Crippen molar-refractivity contribution in [3.63, 3.8) is 0 Å². The number of nitrogens with one attached hydrogen (secondary N) is 1. The molecule has 5 nitrogen and oxygen atoms in total. The van der Waals surface area contributed by atoms with Crippen molar-refractivity contribution in [3.8, 4) is 17.0 Å². The topological polar surface area (TPSA) is 60.3 Å². The van der Waals surface area contributed by atoms with Gasteiger partial charge in [-0.05, 0) is 55.1 Å². The maximum absolute atomic E-state index is 14.3. The van der Waals surface area contributed by atoms with Crippen molar-refractivity contribution < 1.29 is 17.5 Å². The summed E-state index contributed by atoms with van der Waals surface area (Å²) >= 11 is 0. The third kappa shape index (κ3) is 3.36. The van der Waals surface area contributed by atoms with E-state index in [0.717, 1.165) is 9.54 Å². The van der Waals surface area contributed by atoms with Crippen molar-refractivity contribution in [2.45, 2.75) is 11.4 Å². The number of aromatic nitrogens is 1. The van der Waals surface area contributed by atoms with Gasteiger partial charge in [0.25, 0.3) is 10.0 Å². The lowest BCUT2D eigenvalue weighted by molar-refractivity contribution is 0.414. The smallest absolute Gasteiger partial charge is 0.268 e. The fourth-order valence-electron chi connectivity index (χ4n) is 2.72. The van der Waals surface area contributed by atoms with Crippen LogP contribution in [0.25, 0.3) is 11.3 Å².